The fourth-order valence-corrected chi connectivity index (χ4v) is 2.88. The van der Waals surface area contributed by atoms with Crippen LogP contribution in [-0.2, 0) is 17.1 Å². The zero-order chi connectivity index (χ0) is 15.5. The minimum atomic E-state index is -3.90. The van der Waals surface area contributed by atoms with Gasteiger partial charge in [0.25, 0.3) is 10.0 Å². The summed E-state index contributed by atoms with van der Waals surface area (Å²) in [5, 5.41) is 3.87. The Bertz CT molecular complexity index is 818. The van der Waals surface area contributed by atoms with Crippen molar-refractivity contribution in [2.75, 3.05) is 11.3 Å². The van der Waals surface area contributed by atoms with Crippen LogP contribution in [0.5, 0.6) is 0 Å². The zero-order valence-corrected chi connectivity index (χ0v) is 12.0. The third-order valence-corrected chi connectivity index (χ3v) is 4.03. The number of hydrogen-bond donors (Lipinski definition) is 2. The lowest BCUT2D eigenvalue weighted by Gasteiger charge is -2.09. The second kappa shape index (κ2) is 5.95. The van der Waals surface area contributed by atoms with Gasteiger partial charge in [-0.2, -0.15) is 5.10 Å². The quantitative estimate of drug-likeness (QED) is 0.816. The lowest BCUT2D eigenvalue weighted by atomic mass is 10.2. The molecule has 1 heterocycles. The molecule has 2 rings (SSSR count). The van der Waals surface area contributed by atoms with Crippen LogP contribution in [0.1, 0.15) is 5.56 Å². The number of rotatable bonds is 3. The van der Waals surface area contributed by atoms with Crippen molar-refractivity contribution in [1.29, 1.82) is 0 Å². The van der Waals surface area contributed by atoms with Gasteiger partial charge in [-0.1, -0.05) is 11.8 Å². The van der Waals surface area contributed by atoms with E-state index in [1.54, 1.807) is 7.05 Å². The highest BCUT2D eigenvalue weighted by atomic mass is 32.2. The van der Waals surface area contributed by atoms with E-state index in [-0.39, 0.29) is 22.8 Å². The maximum atomic E-state index is 13.3. The number of nitrogens with zero attached hydrogens (tertiary/aromatic N) is 2. The predicted octanol–water partition coefficient (Wildman–Crippen LogP) is 0.670. The summed E-state index contributed by atoms with van der Waals surface area (Å²) >= 11 is 0. The summed E-state index contributed by atoms with van der Waals surface area (Å²) in [4.78, 5) is -0.119. The predicted molar refractivity (Wildman–Crippen MR) is 76.3 cm³/mol. The molecule has 0 unspecified atom stereocenters. The van der Waals surface area contributed by atoms with Crippen LogP contribution in [0.25, 0.3) is 0 Å². The van der Waals surface area contributed by atoms with Gasteiger partial charge in [-0.25, -0.2) is 12.8 Å². The van der Waals surface area contributed by atoms with Crippen LogP contribution in [-0.4, -0.2) is 24.7 Å². The molecule has 6 nitrogen and oxygen atoms in total. The van der Waals surface area contributed by atoms with E-state index in [4.69, 9.17) is 5.73 Å². The van der Waals surface area contributed by atoms with Crippen LogP contribution in [0.3, 0.4) is 0 Å². The molecule has 0 fully saturated rings. The summed E-state index contributed by atoms with van der Waals surface area (Å²) < 4.78 is 41.8. The summed E-state index contributed by atoms with van der Waals surface area (Å²) in [6, 6.07) is 4.78. The number of nitrogens with one attached hydrogen (secondary N) is 1. The first-order valence-electron chi connectivity index (χ1n) is 5.93. The van der Waals surface area contributed by atoms with E-state index in [1.807, 2.05) is 0 Å². The highest BCUT2D eigenvalue weighted by Crippen LogP contribution is 2.19. The Morgan fingerprint density at radius 2 is 2.19 bits per heavy atom. The number of halogens is 1. The summed E-state index contributed by atoms with van der Waals surface area (Å²) in [5.41, 5.74) is 5.31. The van der Waals surface area contributed by atoms with Gasteiger partial charge < -0.3 is 5.73 Å². The molecule has 0 atom stereocenters. The first kappa shape index (κ1) is 15.0. The topological polar surface area (TPSA) is 90.0 Å². The molecule has 0 aliphatic heterocycles. The standard InChI is InChI=1S/C13H13FN4O2S/c1-18-13(6-8-16-18)17-21(19,20)12-5-4-11(14)9-10(12)3-2-7-15/h4-6,8-9,17H,7,15H2,1H3. The van der Waals surface area contributed by atoms with Crippen molar-refractivity contribution >= 4 is 15.8 Å². The Labute approximate surface area is 121 Å². The molecule has 2 aromatic rings. The van der Waals surface area contributed by atoms with Crippen LogP contribution in [0.15, 0.2) is 35.4 Å². The van der Waals surface area contributed by atoms with Crippen molar-refractivity contribution in [3.05, 3.63) is 41.8 Å². The Balaban J connectivity index is 2.47. The Morgan fingerprint density at radius 3 is 2.81 bits per heavy atom. The fourth-order valence-electron chi connectivity index (χ4n) is 1.65. The number of aromatic nitrogens is 2. The summed E-state index contributed by atoms with van der Waals surface area (Å²) in [5.74, 6) is 4.79. The number of aryl methyl sites for hydroxylation is 1. The van der Waals surface area contributed by atoms with Crippen molar-refractivity contribution in [3.63, 3.8) is 0 Å². The second-order valence-corrected chi connectivity index (χ2v) is 5.74. The molecule has 0 spiro atoms. The number of nitrogens with two attached hydrogens (primary N) is 1. The summed E-state index contributed by atoms with van der Waals surface area (Å²) in [7, 11) is -2.31. The van der Waals surface area contributed by atoms with Gasteiger partial charge in [-0.05, 0) is 18.2 Å². The molecule has 21 heavy (non-hydrogen) atoms. The smallest absolute Gasteiger partial charge is 0.264 e. The number of benzene rings is 1. The van der Waals surface area contributed by atoms with Crippen LogP contribution in [0.4, 0.5) is 10.2 Å². The van der Waals surface area contributed by atoms with Crippen molar-refractivity contribution < 1.29 is 12.8 Å². The van der Waals surface area contributed by atoms with Gasteiger partial charge in [-0.3, -0.25) is 9.40 Å². The van der Waals surface area contributed by atoms with Gasteiger partial charge in [0.05, 0.1) is 12.7 Å². The SMILES string of the molecule is Cn1nccc1NS(=O)(=O)c1ccc(F)cc1C#CCN. The molecule has 0 aliphatic carbocycles. The number of sulfonamides is 1. The van der Waals surface area contributed by atoms with Crippen molar-refractivity contribution in [2.24, 2.45) is 12.8 Å². The third-order valence-electron chi connectivity index (χ3n) is 2.62. The van der Waals surface area contributed by atoms with Gasteiger partial charge in [0.2, 0.25) is 0 Å². The van der Waals surface area contributed by atoms with Crippen molar-refractivity contribution in [2.45, 2.75) is 4.90 Å². The molecule has 1 aromatic heterocycles. The second-order valence-electron chi connectivity index (χ2n) is 4.09. The van der Waals surface area contributed by atoms with Gasteiger partial charge >= 0.3 is 0 Å². The molecule has 1 aromatic carbocycles. The van der Waals surface area contributed by atoms with Crippen LogP contribution in [0.2, 0.25) is 0 Å². The van der Waals surface area contributed by atoms with Gasteiger partial charge in [-0.15, -0.1) is 0 Å². The van der Waals surface area contributed by atoms with E-state index < -0.39 is 15.8 Å². The molecule has 3 N–H and O–H groups in total. The maximum absolute atomic E-state index is 13.3. The minimum absolute atomic E-state index is 0.0468. The number of anilines is 1. The highest BCUT2D eigenvalue weighted by molar-refractivity contribution is 7.92. The molecule has 0 amide bonds. The van der Waals surface area contributed by atoms with E-state index in [0.29, 0.717) is 0 Å². The van der Waals surface area contributed by atoms with Crippen LogP contribution < -0.4 is 10.5 Å². The summed E-state index contributed by atoms with van der Waals surface area (Å²) in [6.07, 6.45) is 1.46. The average Bonchev–Trinajstić information content (AvgIpc) is 2.81. The monoisotopic (exact) mass is 308 g/mol. The highest BCUT2D eigenvalue weighted by Gasteiger charge is 2.19. The molecule has 0 aliphatic rings. The lowest BCUT2D eigenvalue weighted by Crippen LogP contribution is -2.16. The molecule has 0 bridgehead atoms. The molecule has 0 radical (unpaired) electrons. The normalized spacial score (nSPS) is 10.8. The van der Waals surface area contributed by atoms with Crippen LogP contribution in [0, 0.1) is 17.7 Å². The first-order chi connectivity index (χ1) is 9.94. The maximum Gasteiger partial charge on any atom is 0.264 e. The van der Waals surface area contributed by atoms with Crippen molar-refractivity contribution in [1.82, 2.24) is 9.78 Å². The molecule has 8 heteroatoms. The molecule has 110 valence electrons. The van der Waals surface area contributed by atoms with E-state index in [2.05, 4.69) is 21.7 Å². The van der Waals surface area contributed by atoms with Crippen LogP contribution >= 0.6 is 0 Å². The molecule has 0 saturated heterocycles. The lowest BCUT2D eigenvalue weighted by molar-refractivity contribution is 0.598. The van der Waals surface area contributed by atoms with Gasteiger partial charge in [0, 0.05) is 18.7 Å². The van der Waals surface area contributed by atoms with E-state index in [0.717, 1.165) is 18.2 Å². The fraction of sp³-hybridized carbons (Fsp3) is 0.154. The van der Waals surface area contributed by atoms with Gasteiger partial charge in [0.15, 0.2) is 0 Å². The Kier molecular flexibility index (Phi) is 4.26. The van der Waals surface area contributed by atoms with Crippen molar-refractivity contribution in [3.8, 4) is 11.8 Å². The zero-order valence-electron chi connectivity index (χ0n) is 11.2. The molecular formula is C13H13FN4O2S. The molecule has 0 saturated carbocycles. The first-order valence-corrected chi connectivity index (χ1v) is 7.41. The average molecular weight is 308 g/mol. The van der Waals surface area contributed by atoms with Gasteiger partial charge in [0.1, 0.15) is 16.5 Å². The summed E-state index contributed by atoms with van der Waals surface area (Å²) in [6.45, 7) is 0.0468. The minimum Gasteiger partial charge on any atom is -0.320 e. The Hall–Kier alpha value is -2.37. The van der Waals surface area contributed by atoms with E-state index in [9.17, 15) is 12.8 Å². The molecular weight excluding hydrogens is 295 g/mol. The third kappa shape index (κ3) is 3.39. The Morgan fingerprint density at radius 1 is 1.43 bits per heavy atom. The number of hydrogen-bond acceptors (Lipinski definition) is 4. The largest absolute Gasteiger partial charge is 0.320 e. The van der Waals surface area contributed by atoms with E-state index >= 15 is 0 Å². The van der Waals surface area contributed by atoms with E-state index in [1.165, 1.54) is 16.9 Å².